The van der Waals surface area contributed by atoms with Crippen LogP contribution in [0, 0.1) is 0 Å². The molecule has 0 saturated heterocycles. The molecule has 1 unspecified atom stereocenters. The Bertz CT molecular complexity index is 279. The van der Waals surface area contributed by atoms with E-state index in [9.17, 15) is 14.4 Å². The molecule has 0 heterocycles. The second kappa shape index (κ2) is 4.95. The third-order valence-corrected chi connectivity index (χ3v) is 1.36. The minimum atomic E-state index is -1.17. The topological polar surface area (TPSA) is 69.7 Å². The molecule has 0 aliphatic heterocycles. The van der Waals surface area contributed by atoms with E-state index < -0.39 is 29.3 Å². The summed E-state index contributed by atoms with van der Waals surface area (Å²) in [7, 11) is 5.44. The van der Waals surface area contributed by atoms with Gasteiger partial charge in [0.25, 0.3) is 0 Å². The van der Waals surface area contributed by atoms with E-state index in [2.05, 4.69) is 9.47 Å². The lowest BCUT2D eigenvalue weighted by Crippen LogP contribution is -2.29. The quantitative estimate of drug-likeness (QED) is 0.291. The van der Waals surface area contributed by atoms with E-state index in [1.807, 2.05) is 0 Å². The Balaban J connectivity index is 4.16. The zero-order chi connectivity index (χ0) is 12.2. The molecule has 0 spiro atoms. The van der Waals surface area contributed by atoms with Crippen molar-refractivity contribution in [1.29, 1.82) is 0 Å². The second-order valence-electron chi connectivity index (χ2n) is 3.66. The molecule has 0 N–H and O–H groups in total. The molecular weight excluding hydrogens is 199 g/mol. The normalized spacial score (nSPS) is 12.8. The first-order valence-corrected chi connectivity index (χ1v) is 4.36. The fraction of sp³-hybridized carbons (Fsp3) is 0.667. The Morgan fingerprint density at radius 2 is 1.67 bits per heavy atom. The predicted octanol–water partition coefficient (Wildman–Crippen LogP) is 0.375. The number of ether oxygens (including phenoxy) is 2. The molecule has 0 aromatic rings. The number of Topliss-reactive ketones (excluding diaryl/α,β-unsaturated/α-hetero) is 1. The lowest BCUT2D eigenvalue weighted by molar-refractivity contribution is -0.187. The first kappa shape index (κ1) is 13.7. The first-order valence-electron chi connectivity index (χ1n) is 4.36. The summed E-state index contributed by atoms with van der Waals surface area (Å²) in [6, 6.07) is 0. The molecule has 15 heavy (non-hydrogen) atoms. The number of carbonyl (C=O) groups excluding carboxylic acids is 3. The zero-order valence-corrected chi connectivity index (χ0v) is 9.20. The summed E-state index contributed by atoms with van der Waals surface area (Å²) in [6.07, 6.45) is -1.13. The molecule has 0 aliphatic carbocycles. The Morgan fingerprint density at radius 3 is 2.00 bits per heavy atom. The molecule has 1 atom stereocenters. The molecule has 0 rings (SSSR count). The van der Waals surface area contributed by atoms with Gasteiger partial charge < -0.3 is 9.47 Å². The molecule has 2 radical (unpaired) electrons. The highest BCUT2D eigenvalue weighted by atomic mass is 16.7. The van der Waals surface area contributed by atoms with Gasteiger partial charge in [-0.25, -0.2) is 4.79 Å². The summed E-state index contributed by atoms with van der Waals surface area (Å²) in [5.41, 5.74) is 0. The van der Waals surface area contributed by atoms with Crippen molar-refractivity contribution in [1.82, 2.24) is 0 Å². The Hall–Kier alpha value is -1.33. The summed E-state index contributed by atoms with van der Waals surface area (Å²) in [5, 5.41) is -1.17. The Kier molecular flexibility index (Phi) is 4.52. The van der Waals surface area contributed by atoms with Crippen LogP contribution in [0.3, 0.4) is 0 Å². The van der Waals surface area contributed by atoms with Gasteiger partial charge in [-0.1, -0.05) is 13.8 Å². The van der Waals surface area contributed by atoms with E-state index in [1.54, 1.807) is 0 Å². The van der Waals surface area contributed by atoms with Crippen molar-refractivity contribution in [3.05, 3.63) is 0 Å². The maximum absolute atomic E-state index is 11.2. The minimum absolute atomic E-state index is 0.716. The van der Waals surface area contributed by atoms with Gasteiger partial charge in [-0.2, -0.15) is 0 Å². The molecule has 0 bridgehead atoms. The van der Waals surface area contributed by atoms with E-state index in [0.717, 1.165) is 6.92 Å². The summed E-state index contributed by atoms with van der Waals surface area (Å²) >= 11 is 0. The average molecular weight is 212 g/mol. The summed E-state index contributed by atoms with van der Waals surface area (Å²) in [6.45, 7) is 5.29. The van der Waals surface area contributed by atoms with Crippen LogP contribution in [0.4, 0.5) is 0 Å². The monoisotopic (exact) mass is 212 g/mol. The van der Waals surface area contributed by atoms with Crippen LogP contribution < -0.4 is 0 Å². The maximum atomic E-state index is 11.2. The van der Waals surface area contributed by atoms with Crippen LogP contribution in [0.1, 0.15) is 27.7 Å². The molecule has 6 heteroatoms. The standard InChI is InChI=1S/C9H13BO5/c1-5(11)7(12)14-6(2)15-8(13)9(3,4)10/h6H,1-4H3. The SMILES string of the molecule is [B]C(C)(C)C(=O)OC(C)OC(=O)C(C)=O. The lowest BCUT2D eigenvalue weighted by atomic mass is 9.73. The molecule has 82 valence electrons. The number of rotatable bonds is 4. The van der Waals surface area contributed by atoms with Gasteiger partial charge in [0.2, 0.25) is 12.1 Å². The molecule has 0 aromatic carbocycles. The Morgan fingerprint density at radius 1 is 1.20 bits per heavy atom. The van der Waals surface area contributed by atoms with Gasteiger partial charge in [-0.15, -0.1) is 0 Å². The maximum Gasteiger partial charge on any atom is 0.377 e. The largest absolute Gasteiger partial charge is 0.426 e. The predicted molar refractivity (Wildman–Crippen MR) is 52.1 cm³/mol. The van der Waals surface area contributed by atoms with Crippen LogP contribution in [0.2, 0.25) is 5.31 Å². The molecule has 0 saturated carbocycles. The van der Waals surface area contributed by atoms with Gasteiger partial charge in [0.1, 0.15) is 0 Å². The van der Waals surface area contributed by atoms with Crippen LogP contribution in [0.5, 0.6) is 0 Å². The number of hydrogen-bond acceptors (Lipinski definition) is 5. The summed E-state index contributed by atoms with van der Waals surface area (Å²) < 4.78 is 9.17. The summed E-state index contributed by atoms with van der Waals surface area (Å²) in [5.74, 6) is -2.53. The zero-order valence-electron chi connectivity index (χ0n) is 9.20. The third kappa shape index (κ3) is 5.19. The van der Waals surface area contributed by atoms with E-state index in [0.29, 0.717) is 0 Å². The van der Waals surface area contributed by atoms with E-state index in [4.69, 9.17) is 7.85 Å². The molecule has 0 fully saturated rings. The van der Waals surface area contributed by atoms with Gasteiger partial charge >= 0.3 is 11.9 Å². The lowest BCUT2D eigenvalue weighted by Gasteiger charge is -2.20. The van der Waals surface area contributed by atoms with Crippen LogP contribution in [-0.2, 0) is 23.9 Å². The highest BCUT2D eigenvalue weighted by molar-refractivity contribution is 6.32. The van der Waals surface area contributed by atoms with Crippen molar-refractivity contribution in [2.45, 2.75) is 39.3 Å². The number of carbonyl (C=O) groups is 3. The highest BCUT2D eigenvalue weighted by Gasteiger charge is 2.26. The van der Waals surface area contributed by atoms with Crippen molar-refractivity contribution in [3.8, 4) is 0 Å². The van der Waals surface area contributed by atoms with Gasteiger partial charge in [0.05, 0.1) is 7.85 Å². The van der Waals surface area contributed by atoms with Crippen molar-refractivity contribution in [2.75, 3.05) is 0 Å². The molecule has 5 nitrogen and oxygen atoms in total. The third-order valence-electron chi connectivity index (χ3n) is 1.36. The van der Waals surface area contributed by atoms with E-state index >= 15 is 0 Å². The van der Waals surface area contributed by atoms with Gasteiger partial charge in [-0.3, -0.25) is 9.59 Å². The van der Waals surface area contributed by atoms with Crippen LogP contribution in [-0.4, -0.2) is 31.9 Å². The molecular formula is C9H13BO5. The van der Waals surface area contributed by atoms with Crippen LogP contribution in [0.25, 0.3) is 0 Å². The van der Waals surface area contributed by atoms with Crippen LogP contribution in [0.15, 0.2) is 0 Å². The van der Waals surface area contributed by atoms with Gasteiger partial charge in [0.15, 0.2) is 0 Å². The van der Waals surface area contributed by atoms with Crippen molar-refractivity contribution >= 4 is 25.6 Å². The van der Waals surface area contributed by atoms with Crippen LogP contribution >= 0.6 is 0 Å². The van der Waals surface area contributed by atoms with Crippen molar-refractivity contribution in [2.24, 2.45) is 0 Å². The van der Waals surface area contributed by atoms with Gasteiger partial charge in [0, 0.05) is 19.2 Å². The molecule has 0 aliphatic rings. The summed E-state index contributed by atoms with van der Waals surface area (Å²) in [4.78, 5) is 32.5. The molecule has 0 aromatic heterocycles. The van der Waals surface area contributed by atoms with Crippen molar-refractivity contribution < 1.29 is 23.9 Å². The van der Waals surface area contributed by atoms with Gasteiger partial charge in [-0.05, 0) is 0 Å². The fourth-order valence-corrected chi connectivity index (χ4v) is 0.560. The second-order valence-corrected chi connectivity index (χ2v) is 3.66. The molecule has 0 amide bonds. The number of hydrogen-bond donors (Lipinski definition) is 0. The van der Waals surface area contributed by atoms with E-state index in [1.165, 1.54) is 20.8 Å². The Labute approximate surface area is 89.5 Å². The number of ketones is 1. The van der Waals surface area contributed by atoms with E-state index in [-0.39, 0.29) is 0 Å². The fourth-order valence-electron chi connectivity index (χ4n) is 0.560. The average Bonchev–Trinajstić information content (AvgIpc) is 2.01. The first-order chi connectivity index (χ1) is 6.64. The number of esters is 2. The highest BCUT2D eigenvalue weighted by Crippen LogP contribution is 2.20. The van der Waals surface area contributed by atoms with Crippen molar-refractivity contribution in [3.63, 3.8) is 0 Å². The smallest absolute Gasteiger partial charge is 0.377 e. The minimum Gasteiger partial charge on any atom is -0.426 e.